The standard InChI is InChI=1S/C10H11N/c1-2-4-9-8(3-1)7-5-10(9)11-6-7/h1-4,7,10-11H,5-6H2/t7-,10-/m1/s1. The zero-order chi connectivity index (χ0) is 7.26. The number of benzene rings is 1. The largest absolute Gasteiger partial charge is 0.309 e. The van der Waals surface area contributed by atoms with E-state index in [1.807, 2.05) is 0 Å². The lowest BCUT2D eigenvalue weighted by Gasteiger charge is -2.15. The van der Waals surface area contributed by atoms with Crippen molar-refractivity contribution in [3.63, 3.8) is 0 Å². The van der Waals surface area contributed by atoms with Gasteiger partial charge < -0.3 is 5.32 Å². The molecule has 2 bridgehead atoms. The fourth-order valence-corrected chi connectivity index (χ4v) is 2.41. The third kappa shape index (κ3) is 0.641. The summed E-state index contributed by atoms with van der Waals surface area (Å²) in [6, 6.07) is 9.50. The zero-order valence-electron chi connectivity index (χ0n) is 6.38. The summed E-state index contributed by atoms with van der Waals surface area (Å²) in [7, 11) is 0. The molecule has 1 fully saturated rings. The Morgan fingerprint density at radius 3 is 2.82 bits per heavy atom. The summed E-state index contributed by atoms with van der Waals surface area (Å²) in [5.41, 5.74) is 3.14. The molecule has 0 spiro atoms. The molecule has 1 heteroatoms. The lowest BCUT2D eigenvalue weighted by molar-refractivity contribution is 0.650. The van der Waals surface area contributed by atoms with Gasteiger partial charge in [-0.05, 0) is 23.5 Å². The molecular weight excluding hydrogens is 134 g/mol. The third-order valence-electron chi connectivity index (χ3n) is 2.94. The van der Waals surface area contributed by atoms with E-state index in [1.54, 1.807) is 11.1 Å². The molecule has 1 aliphatic heterocycles. The Labute approximate surface area is 66.4 Å². The van der Waals surface area contributed by atoms with Crippen LogP contribution >= 0.6 is 0 Å². The van der Waals surface area contributed by atoms with E-state index in [9.17, 15) is 0 Å². The van der Waals surface area contributed by atoms with Crippen LogP contribution in [0.5, 0.6) is 0 Å². The van der Waals surface area contributed by atoms with E-state index in [0.717, 1.165) is 5.92 Å². The lowest BCUT2D eigenvalue weighted by atomic mass is 10.0. The predicted molar refractivity (Wildman–Crippen MR) is 44.5 cm³/mol. The lowest BCUT2D eigenvalue weighted by Crippen LogP contribution is -2.19. The van der Waals surface area contributed by atoms with E-state index in [2.05, 4.69) is 29.6 Å². The van der Waals surface area contributed by atoms with Crippen molar-refractivity contribution in [1.29, 1.82) is 0 Å². The predicted octanol–water partition coefficient (Wildman–Crippen LogP) is 1.82. The van der Waals surface area contributed by atoms with Crippen LogP contribution < -0.4 is 5.32 Å². The molecule has 56 valence electrons. The van der Waals surface area contributed by atoms with Crippen LogP contribution in [0.25, 0.3) is 0 Å². The van der Waals surface area contributed by atoms with Gasteiger partial charge >= 0.3 is 0 Å². The fourth-order valence-electron chi connectivity index (χ4n) is 2.41. The van der Waals surface area contributed by atoms with Crippen LogP contribution in [0.4, 0.5) is 0 Å². The first-order chi connectivity index (χ1) is 5.45. The molecule has 1 saturated heterocycles. The fraction of sp³-hybridized carbons (Fsp3) is 0.400. The van der Waals surface area contributed by atoms with Crippen LogP contribution in [-0.2, 0) is 0 Å². The zero-order valence-corrected chi connectivity index (χ0v) is 6.38. The molecule has 1 N–H and O–H groups in total. The summed E-state index contributed by atoms with van der Waals surface area (Å²) >= 11 is 0. The molecule has 0 aromatic heterocycles. The van der Waals surface area contributed by atoms with E-state index >= 15 is 0 Å². The van der Waals surface area contributed by atoms with Crippen molar-refractivity contribution in [2.75, 3.05) is 6.54 Å². The van der Waals surface area contributed by atoms with Gasteiger partial charge in [-0.2, -0.15) is 0 Å². The maximum absolute atomic E-state index is 3.51. The Morgan fingerprint density at radius 2 is 2.00 bits per heavy atom. The highest BCUT2D eigenvalue weighted by Gasteiger charge is 2.35. The molecule has 2 aliphatic rings. The van der Waals surface area contributed by atoms with Crippen molar-refractivity contribution in [2.24, 2.45) is 0 Å². The molecule has 1 aromatic rings. The molecule has 1 nitrogen and oxygen atoms in total. The normalized spacial score (nSPS) is 32.4. The van der Waals surface area contributed by atoms with E-state index in [4.69, 9.17) is 0 Å². The SMILES string of the molecule is c1ccc2c(c1)[C@H]1CN[C@@H]2C1. The van der Waals surface area contributed by atoms with Gasteiger partial charge in [0, 0.05) is 12.6 Å². The highest BCUT2D eigenvalue weighted by Crippen LogP contribution is 2.44. The first-order valence-corrected chi connectivity index (χ1v) is 4.27. The molecule has 2 atom stereocenters. The van der Waals surface area contributed by atoms with Crippen molar-refractivity contribution < 1.29 is 0 Å². The first kappa shape index (κ1) is 5.78. The Bertz CT molecular complexity index is 264. The minimum absolute atomic E-state index is 0.677. The highest BCUT2D eigenvalue weighted by atomic mass is 15.0. The van der Waals surface area contributed by atoms with Crippen LogP contribution in [0, 0.1) is 0 Å². The van der Waals surface area contributed by atoms with E-state index < -0.39 is 0 Å². The number of rotatable bonds is 0. The molecule has 0 saturated carbocycles. The molecule has 3 rings (SSSR count). The van der Waals surface area contributed by atoms with Crippen LogP contribution in [0.1, 0.15) is 29.5 Å². The average molecular weight is 145 g/mol. The molecular formula is C10H11N. The van der Waals surface area contributed by atoms with Crippen molar-refractivity contribution in [3.05, 3.63) is 35.4 Å². The topological polar surface area (TPSA) is 12.0 Å². The maximum Gasteiger partial charge on any atom is 0.0329 e. The molecule has 0 radical (unpaired) electrons. The smallest absolute Gasteiger partial charge is 0.0329 e. The second kappa shape index (κ2) is 1.86. The van der Waals surface area contributed by atoms with Crippen molar-refractivity contribution in [3.8, 4) is 0 Å². The Morgan fingerprint density at radius 1 is 1.18 bits per heavy atom. The third-order valence-corrected chi connectivity index (χ3v) is 2.94. The van der Waals surface area contributed by atoms with Gasteiger partial charge in [0.25, 0.3) is 0 Å². The Kier molecular flexibility index (Phi) is 0.977. The quantitative estimate of drug-likeness (QED) is 0.587. The Hall–Kier alpha value is -0.820. The van der Waals surface area contributed by atoms with Crippen LogP contribution in [0.2, 0.25) is 0 Å². The molecule has 1 heterocycles. The monoisotopic (exact) mass is 145 g/mol. The van der Waals surface area contributed by atoms with Crippen molar-refractivity contribution >= 4 is 0 Å². The molecule has 1 aliphatic carbocycles. The summed E-state index contributed by atoms with van der Waals surface area (Å²) in [6.07, 6.45) is 1.33. The maximum atomic E-state index is 3.51. The summed E-state index contributed by atoms with van der Waals surface area (Å²) in [5, 5.41) is 3.51. The highest BCUT2D eigenvalue weighted by molar-refractivity contribution is 5.40. The second-order valence-corrected chi connectivity index (χ2v) is 3.52. The summed E-state index contributed by atoms with van der Waals surface area (Å²) < 4.78 is 0. The van der Waals surface area contributed by atoms with E-state index in [0.29, 0.717) is 6.04 Å². The van der Waals surface area contributed by atoms with Crippen LogP contribution in [0.15, 0.2) is 24.3 Å². The van der Waals surface area contributed by atoms with Gasteiger partial charge in [0.05, 0.1) is 0 Å². The van der Waals surface area contributed by atoms with Gasteiger partial charge in [0.2, 0.25) is 0 Å². The minimum atomic E-state index is 0.677. The summed E-state index contributed by atoms with van der Waals surface area (Å²) in [6.45, 7) is 1.20. The van der Waals surface area contributed by atoms with Crippen LogP contribution in [0.3, 0.4) is 0 Å². The Balaban J connectivity index is 2.23. The summed E-state index contributed by atoms with van der Waals surface area (Å²) in [5.74, 6) is 0.816. The van der Waals surface area contributed by atoms with Gasteiger partial charge in [-0.3, -0.25) is 0 Å². The molecule has 0 amide bonds. The molecule has 0 unspecified atom stereocenters. The number of nitrogens with one attached hydrogen (secondary N) is 1. The van der Waals surface area contributed by atoms with Crippen molar-refractivity contribution in [1.82, 2.24) is 5.32 Å². The molecule has 11 heavy (non-hydrogen) atoms. The van der Waals surface area contributed by atoms with Gasteiger partial charge in [-0.25, -0.2) is 0 Å². The number of fused-ring (bicyclic) bond motifs is 5. The van der Waals surface area contributed by atoms with E-state index in [1.165, 1.54) is 13.0 Å². The van der Waals surface area contributed by atoms with Gasteiger partial charge in [0.15, 0.2) is 0 Å². The van der Waals surface area contributed by atoms with Gasteiger partial charge in [-0.1, -0.05) is 24.3 Å². The minimum Gasteiger partial charge on any atom is -0.309 e. The summed E-state index contributed by atoms with van der Waals surface area (Å²) in [4.78, 5) is 0. The van der Waals surface area contributed by atoms with Gasteiger partial charge in [0.1, 0.15) is 0 Å². The van der Waals surface area contributed by atoms with Crippen molar-refractivity contribution in [2.45, 2.75) is 18.4 Å². The number of hydrogen-bond donors (Lipinski definition) is 1. The first-order valence-electron chi connectivity index (χ1n) is 4.27. The van der Waals surface area contributed by atoms with Gasteiger partial charge in [-0.15, -0.1) is 0 Å². The van der Waals surface area contributed by atoms with E-state index in [-0.39, 0.29) is 0 Å². The van der Waals surface area contributed by atoms with Crippen LogP contribution in [-0.4, -0.2) is 6.54 Å². The molecule has 1 aromatic carbocycles. The number of hydrogen-bond acceptors (Lipinski definition) is 1. The average Bonchev–Trinajstić information content (AvgIpc) is 2.64. The second-order valence-electron chi connectivity index (χ2n) is 3.52.